The lowest BCUT2D eigenvalue weighted by molar-refractivity contribution is 0.419. The van der Waals surface area contributed by atoms with Gasteiger partial charge in [-0.2, -0.15) is 0 Å². The Kier molecular flexibility index (Phi) is 2.88. The second-order valence-electron chi connectivity index (χ2n) is 3.47. The van der Waals surface area contributed by atoms with E-state index in [1.165, 1.54) is 10.9 Å². The molecule has 0 saturated carbocycles. The molecule has 2 heteroatoms. The summed E-state index contributed by atoms with van der Waals surface area (Å²) in [5.41, 5.74) is 8.51. The number of rotatable bonds is 3. The standard InChI is InChI=1S/C13H14NO/c1-15-13-7-6-10(8-9-14)11-4-2-3-5-12(11)13/h2-7,14H,8-9H2,1H3. The molecule has 1 N–H and O–H groups in total. The lowest BCUT2D eigenvalue weighted by Crippen LogP contribution is -1.95. The van der Waals surface area contributed by atoms with Gasteiger partial charge in [0.1, 0.15) is 5.75 Å². The molecule has 2 aromatic carbocycles. The van der Waals surface area contributed by atoms with Crippen LogP contribution in [0.5, 0.6) is 5.75 Å². The molecule has 2 rings (SSSR count). The number of hydrogen-bond acceptors (Lipinski definition) is 1. The van der Waals surface area contributed by atoms with Gasteiger partial charge < -0.3 is 4.74 Å². The number of methoxy groups -OCH3 is 1. The maximum atomic E-state index is 7.28. The van der Waals surface area contributed by atoms with Crippen molar-refractivity contribution < 1.29 is 4.74 Å². The molecule has 15 heavy (non-hydrogen) atoms. The number of benzene rings is 2. The Hall–Kier alpha value is -1.54. The minimum atomic E-state index is 0.427. The van der Waals surface area contributed by atoms with Gasteiger partial charge in [-0.05, 0) is 23.4 Å². The third-order valence-electron chi connectivity index (χ3n) is 2.59. The first kappa shape index (κ1) is 9.99. The molecule has 0 fully saturated rings. The summed E-state index contributed by atoms with van der Waals surface area (Å²) in [7, 11) is 1.69. The Morgan fingerprint density at radius 3 is 2.47 bits per heavy atom. The Morgan fingerprint density at radius 1 is 1.07 bits per heavy atom. The van der Waals surface area contributed by atoms with Gasteiger partial charge in [-0.25, -0.2) is 0 Å². The van der Waals surface area contributed by atoms with E-state index in [-0.39, 0.29) is 0 Å². The highest BCUT2D eigenvalue weighted by Crippen LogP contribution is 2.28. The average Bonchev–Trinajstić information content (AvgIpc) is 2.30. The largest absolute Gasteiger partial charge is 0.496 e. The SMILES string of the molecule is COc1ccc(CC[NH])c2ccccc12. The molecular weight excluding hydrogens is 186 g/mol. The molecule has 1 radical (unpaired) electrons. The van der Waals surface area contributed by atoms with Crippen molar-refractivity contribution in [2.45, 2.75) is 6.42 Å². The zero-order valence-corrected chi connectivity index (χ0v) is 8.79. The highest BCUT2D eigenvalue weighted by Gasteiger charge is 2.04. The molecule has 2 aromatic rings. The predicted octanol–water partition coefficient (Wildman–Crippen LogP) is 2.67. The van der Waals surface area contributed by atoms with Crippen molar-refractivity contribution in [1.82, 2.24) is 5.73 Å². The van der Waals surface area contributed by atoms with Crippen LogP contribution in [0.15, 0.2) is 36.4 Å². The maximum Gasteiger partial charge on any atom is 0.126 e. The molecular formula is C13H14NO. The van der Waals surface area contributed by atoms with Gasteiger partial charge >= 0.3 is 0 Å². The normalized spacial score (nSPS) is 10.5. The van der Waals surface area contributed by atoms with Gasteiger partial charge in [-0.1, -0.05) is 30.3 Å². The third-order valence-corrected chi connectivity index (χ3v) is 2.59. The van der Waals surface area contributed by atoms with Crippen LogP contribution < -0.4 is 10.5 Å². The van der Waals surface area contributed by atoms with Crippen molar-refractivity contribution in [3.63, 3.8) is 0 Å². The van der Waals surface area contributed by atoms with E-state index in [0.717, 1.165) is 17.6 Å². The molecule has 0 heterocycles. The van der Waals surface area contributed by atoms with Crippen LogP contribution in [0.25, 0.3) is 10.8 Å². The predicted molar refractivity (Wildman–Crippen MR) is 62.2 cm³/mol. The fourth-order valence-electron chi connectivity index (χ4n) is 1.86. The molecule has 0 amide bonds. The van der Waals surface area contributed by atoms with E-state index in [0.29, 0.717) is 6.54 Å². The van der Waals surface area contributed by atoms with Crippen LogP contribution in [0.4, 0.5) is 0 Å². The summed E-state index contributed by atoms with van der Waals surface area (Å²) >= 11 is 0. The Labute approximate surface area is 89.7 Å². The summed E-state index contributed by atoms with van der Waals surface area (Å²) < 4.78 is 5.31. The zero-order valence-electron chi connectivity index (χ0n) is 8.79. The van der Waals surface area contributed by atoms with Crippen molar-refractivity contribution in [3.8, 4) is 5.75 Å². The third kappa shape index (κ3) is 1.81. The summed E-state index contributed by atoms with van der Waals surface area (Å²) in [6.07, 6.45) is 0.796. The van der Waals surface area contributed by atoms with Gasteiger partial charge in [0.05, 0.1) is 7.11 Å². The minimum Gasteiger partial charge on any atom is -0.496 e. The van der Waals surface area contributed by atoms with E-state index in [1.807, 2.05) is 18.2 Å². The van der Waals surface area contributed by atoms with E-state index in [1.54, 1.807) is 7.11 Å². The van der Waals surface area contributed by atoms with Gasteiger partial charge in [0.15, 0.2) is 0 Å². The molecule has 0 aliphatic carbocycles. The molecule has 0 aliphatic heterocycles. The molecule has 0 aromatic heterocycles. The molecule has 0 atom stereocenters. The molecule has 0 saturated heterocycles. The van der Waals surface area contributed by atoms with Crippen molar-refractivity contribution in [2.24, 2.45) is 0 Å². The van der Waals surface area contributed by atoms with Crippen molar-refractivity contribution >= 4 is 10.8 Å². The highest BCUT2D eigenvalue weighted by atomic mass is 16.5. The second-order valence-corrected chi connectivity index (χ2v) is 3.47. The fraction of sp³-hybridized carbons (Fsp3) is 0.231. The molecule has 77 valence electrons. The van der Waals surface area contributed by atoms with Crippen molar-refractivity contribution in [2.75, 3.05) is 13.7 Å². The van der Waals surface area contributed by atoms with Gasteiger partial charge in [0, 0.05) is 11.9 Å². The maximum absolute atomic E-state index is 7.28. The van der Waals surface area contributed by atoms with Crippen LogP contribution in [0.3, 0.4) is 0 Å². The van der Waals surface area contributed by atoms with Gasteiger partial charge in [-0.3, -0.25) is 5.73 Å². The monoisotopic (exact) mass is 200 g/mol. The topological polar surface area (TPSA) is 33.0 Å². The quantitative estimate of drug-likeness (QED) is 0.749. The Balaban J connectivity index is 2.66. The van der Waals surface area contributed by atoms with Gasteiger partial charge in [-0.15, -0.1) is 0 Å². The fourth-order valence-corrected chi connectivity index (χ4v) is 1.86. The first-order valence-electron chi connectivity index (χ1n) is 5.06. The minimum absolute atomic E-state index is 0.427. The Morgan fingerprint density at radius 2 is 1.80 bits per heavy atom. The lowest BCUT2D eigenvalue weighted by Gasteiger charge is -2.09. The highest BCUT2D eigenvalue weighted by molar-refractivity contribution is 5.91. The van der Waals surface area contributed by atoms with Crippen molar-refractivity contribution in [3.05, 3.63) is 42.0 Å². The summed E-state index contributed by atoms with van der Waals surface area (Å²) in [5.74, 6) is 0.902. The molecule has 2 nitrogen and oxygen atoms in total. The van der Waals surface area contributed by atoms with E-state index >= 15 is 0 Å². The second kappa shape index (κ2) is 4.32. The van der Waals surface area contributed by atoms with Crippen LogP contribution in [0, 0.1) is 0 Å². The first-order valence-corrected chi connectivity index (χ1v) is 5.06. The lowest BCUT2D eigenvalue weighted by atomic mass is 10.0. The molecule has 0 aliphatic rings. The number of nitrogens with one attached hydrogen (secondary N) is 1. The summed E-state index contributed by atoms with van der Waals surface area (Å²) in [4.78, 5) is 0. The van der Waals surface area contributed by atoms with E-state index in [9.17, 15) is 0 Å². The molecule has 0 spiro atoms. The van der Waals surface area contributed by atoms with E-state index in [2.05, 4.69) is 18.2 Å². The van der Waals surface area contributed by atoms with Crippen LogP contribution in [-0.4, -0.2) is 13.7 Å². The van der Waals surface area contributed by atoms with Gasteiger partial charge in [0.2, 0.25) is 0 Å². The number of hydrogen-bond donors (Lipinski definition) is 0. The van der Waals surface area contributed by atoms with Crippen LogP contribution in [0.2, 0.25) is 0 Å². The van der Waals surface area contributed by atoms with Crippen molar-refractivity contribution in [1.29, 1.82) is 0 Å². The first-order chi connectivity index (χ1) is 7.36. The van der Waals surface area contributed by atoms with E-state index < -0.39 is 0 Å². The number of ether oxygens (including phenoxy) is 1. The van der Waals surface area contributed by atoms with Crippen LogP contribution >= 0.6 is 0 Å². The summed E-state index contributed by atoms with van der Waals surface area (Å²) in [6, 6.07) is 12.2. The summed E-state index contributed by atoms with van der Waals surface area (Å²) in [5, 5.41) is 2.33. The van der Waals surface area contributed by atoms with Crippen LogP contribution in [-0.2, 0) is 6.42 Å². The van der Waals surface area contributed by atoms with Gasteiger partial charge in [0.25, 0.3) is 0 Å². The smallest absolute Gasteiger partial charge is 0.126 e. The molecule has 0 unspecified atom stereocenters. The number of fused-ring (bicyclic) bond motifs is 1. The van der Waals surface area contributed by atoms with Crippen LogP contribution in [0.1, 0.15) is 5.56 Å². The average molecular weight is 200 g/mol. The Bertz CT molecular complexity index is 465. The zero-order chi connectivity index (χ0) is 10.7. The molecule has 0 bridgehead atoms. The van der Waals surface area contributed by atoms with E-state index in [4.69, 9.17) is 10.5 Å². The summed E-state index contributed by atoms with van der Waals surface area (Å²) in [6.45, 7) is 0.427.